The van der Waals surface area contributed by atoms with E-state index in [0.29, 0.717) is 0 Å². The molecular formula is C19H30N6. The van der Waals surface area contributed by atoms with Gasteiger partial charge in [0.15, 0.2) is 0 Å². The number of nitrogens with zero attached hydrogens (tertiary/aromatic N) is 6. The van der Waals surface area contributed by atoms with Gasteiger partial charge in [-0.1, -0.05) is 0 Å². The Balaban J connectivity index is 1.25. The van der Waals surface area contributed by atoms with Crippen LogP contribution < -0.4 is 0 Å². The zero-order valence-corrected chi connectivity index (χ0v) is 15.3. The Morgan fingerprint density at radius 1 is 1.16 bits per heavy atom. The van der Waals surface area contributed by atoms with Gasteiger partial charge in [-0.2, -0.15) is 10.2 Å². The van der Waals surface area contributed by atoms with E-state index in [2.05, 4.69) is 43.6 Å². The van der Waals surface area contributed by atoms with Gasteiger partial charge >= 0.3 is 0 Å². The quantitative estimate of drug-likeness (QED) is 0.836. The number of aryl methyl sites for hydroxylation is 2. The van der Waals surface area contributed by atoms with Crippen LogP contribution in [0.2, 0.25) is 0 Å². The fraction of sp³-hybridized carbons (Fsp3) is 0.684. The third kappa shape index (κ3) is 4.30. The molecule has 2 aromatic heterocycles. The van der Waals surface area contributed by atoms with Crippen LogP contribution in [0.1, 0.15) is 37.1 Å². The molecule has 1 saturated heterocycles. The van der Waals surface area contributed by atoms with Crippen LogP contribution in [0.5, 0.6) is 0 Å². The van der Waals surface area contributed by atoms with E-state index in [9.17, 15) is 0 Å². The van der Waals surface area contributed by atoms with Crippen molar-refractivity contribution in [1.82, 2.24) is 29.4 Å². The average molecular weight is 342 g/mol. The second-order valence-corrected chi connectivity index (χ2v) is 7.72. The minimum absolute atomic E-state index is 0.841. The first-order chi connectivity index (χ1) is 12.3. The maximum Gasteiger partial charge on any atom is 0.0768 e. The Morgan fingerprint density at radius 3 is 2.84 bits per heavy atom. The summed E-state index contributed by atoms with van der Waals surface area (Å²) in [5, 5.41) is 9.17. The maximum atomic E-state index is 4.87. The van der Waals surface area contributed by atoms with Gasteiger partial charge in [-0.3, -0.25) is 14.3 Å². The van der Waals surface area contributed by atoms with E-state index in [4.69, 9.17) is 5.10 Å². The Hall–Kier alpha value is -1.66. The highest BCUT2D eigenvalue weighted by Gasteiger charge is 2.21. The van der Waals surface area contributed by atoms with Crippen LogP contribution in [0, 0.1) is 5.92 Å². The van der Waals surface area contributed by atoms with Crippen LogP contribution in [-0.4, -0.2) is 56.0 Å². The van der Waals surface area contributed by atoms with Gasteiger partial charge in [0.05, 0.1) is 11.4 Å². The lowest BCUT2D eigenvalue weighted by Crippen LogP contribution is -2.33. The molecular weight excluding hydrogens is 312 g/mol. The lowest BCUT2D eigenvalue weighted by molar-refractivity contribution is 0.166. The normalized spacial score (nSPS) is 20.5. The van der Waals surface area contributed by atoms with Crippen LogP contribution in [-0.2, 0) is 26.2 Å². The minimum Gasteiger partial charge on any atom is -0.300 e. The van der Waals surface area contributed by atoms with Crippen molar-refractivity contribution in [2.75, 3.05) is 26.7 Å². The summed E-state index contributed by atoms with van der Waals surface area (Å²) in [6.45, 7) is 7.73. The van der Waals surface area contributed by atoms with Gasteiger partial charge in [0.25, 0.3) is 0 Å². The van der Waals surface area contributed by atoms with Crippen molar-refractivity contribution in [2.24, 2.45) is 5.92 Å². The third-order valence-corrected chi connectivity index (χ3v) is 5.67. The number of fused-ring (bicyclic) bond motifs is 1. The SMILES string of the molecule is CN1CCCn2nc(CN3CCC(CCn4cccn4)CC3)cc2C1. The maximum absolute atomic E-state index is 4.87. The molecule has 2 aliphatic rings. The lowest BCUT2D eigenvalue weighted by Gasteiger charge is -2.31. The lowest BCUT2D eigenvalue weighted by atomic mass is 9.93. The summed E-state index contributed by atoms with van der Waals surface area (Å²) in [7, 11) is 2.20. The van der Waals surface area contributed by atoms with Gasteiger partial charge in [-0.25, -0.2) is 0 Å². The Bertz CT molecular complexity index is 654. The molecule has 0 N–H and O–H groups in total. The van der Waals surface area contributed by atoms with Crippen molar-refractivity contribution in [1.29, 1.82) is 0 Å². The molecule has 0 atom stereocenters. The molecule has 0 amide bonds. The predicted octanol–water partition coefficient (Wildman–Crippen LogP) is 2.22. The monoisotopic (exact) mass is 342 g/mol. The Labute approximate surface area is 150 Å². The predicted molar refractivity (Wildman–Crippen MR) is 98.0 cm³/mol. The molecule has 0 bridgehead atoms. The van der Waals surface area contributed by atoms with E-state index in [-0.39, 0.29) is 0 Å². The van der Waals surface area contributed by atoms with Crippen molar-refractivity contribution < 1.29 is 0 Å². The van der Waals surface area contributed by atoms with Crippen molar-refractivity contribution >= 4 is 0 Å². The first kappa shape index (κ1) is 16.8. The highest BCUT2D eigenvalue weighted by atomic mass is 15.3. The Kier molecular flexibility index (Phi) is 5.17. The van der Waals surface area contributed by atoms with Gasteiger partial charge < -0.3 is 4.90 Å². The van der Waals surface area contributed by atoms with E-state index in [1.165, 1.54) is 56.7 Å². The molecule has 0 radical (unpaired) electrons. The molecule has 6 nitrogen and oxygen atoms in total. The average Bonchev–Trinajstić information content (AvgIpc) is 3.21. The molecule has 4 rings (SSSR count). The van der Waals surface area contributed by atoms with Gasteiger partial charge in [-0.15, -0.1) is 0 Å². The molecule has 0 aromatic carbocycles. The molecule has 2 aliphatic heterocycles. The van der Waals surface area contributed by atoms with Crippen LogP contribution in [0.15, 0.2) is 24.5 Å². The molecule has 6 heteroatoms. The summed E-state index contributed by atoms with van der Waals surface area (Å²) in [6, 6.07) is 4.33. The number of aromatic nitrogens is 4. The van der Waals surface area contributed by atoms with Gasteiger partial charge in [0, 0.05) is 45.1 Å². The fourth-order valence-corrected chi connectivity index (χ4v) is 4.17. The number of hydrogen-bond acceptors (Lipinski definition) is 4. The summed E-state index contributed by atoms with van der Waals surface area (Å²) in [6.07, 6.45) is 8.99. The molecule has 0 aliphatic carbocycles. The first-order valence-electron chi connectivity index (χ1n) is 9.70. The van der Waals surface area contributed by atoms with Crippen molar-refractivity contribution in [3.8, 4) is 0 Å². The largest absolute Gasteiger partial charge is 0.300 e. The highest BCUT2D eigenvalue weighted by molar-refractivity contribution is 5.11. The molecule has 2 aromatic rings. The second kappa shape index (κ2) is 7.70. The molecule has 0 saturated carbocycles. The molecule has 4 heterocycles. The van der Waals surface area contributed by atoms with E-state index < -0.39 is 0 Å². The molecule has 25 heavy (non-hydrogen) atoms. The Morgan fingerprint density at radius 2 is 2.04 bits per heavy atom. The zero-order valence-electron chi connectivity index (χ0n) is 15.3. The van der Waals surface area contributed by atoms with Crippen LogP contribution >= 0.6 is 0 Å². The molecule has 136 valence electrons. The van der Waals surface area contributed by atoms with Crippen LogP contribution in [0.4, 0.5) is 0 Å². The molecule has 0 unspecified atom stereocenters. The number of hydrogen-bond donors (Lipinski definition) is 0. The smallest absolute Gasteiger partial charge is 0.0768 e. The fourth-order valence-electron chi connectivity index (χ4n) is 4.17. The zero-order chi connectivity index (χ0) is 17.1. The standard InChI is InChI=1S/C19H30N6/c1-22-8-3-10-25-19(16-22)14-18(21-25)15-23-11-4-17(5-12-23)6-13-24-9-2-7-20-24/h2,7,9,14,17H,3-6,8,10-13,15-16H2,1H3. The van der Waals surface area contributed by atoms with Crippen molar-refractivity contribution in [3.63, 3.8) is 0 Å². The van der Waals surface area contributed by atoms with Gasteiger partial charge in [0.1, 0.15) is 0 Å². The summed E-state index contributed by atoms with van der Waals surface area (Å²) in [5.74, 6) is 0.841. The highest BCUT2D eigenvalue weighted by Crippen LogP contribution is 2.23. The van der Waals surface area contributed by atoms with E-state index in [0.717, 1.165) is 32.1 Å². The number of rotatable bonds is 5. The van der Waals surface area contributed by atoms with E-state index in [1.807, 2.05) is 12.3 Å². The molecule has 1 fully saturated rings. The second-order valence-electron chi connectivity index (χ2n) is 7.72. The summed E-state index contributed by atoms with van der Waals surface area (Å²) in [4.78, 5) is 4.98. The van der Waals surface area contributed by atoms with E-state index in [1.54, 1.807) is 0 Å². The van der Waals surface area contributed by atoms with Crippen molar-refractivity contribution in [3.05, 3.63) is 35.9 Å². The minimum atomic E-state index is 0.841. The first-order valence-corrected chi connectivity index (χ1v) is 9.70. The van der Waals surface area contributed by atoms with Gasteiger partial charge in [0.2, 0.25) is 0 Å². The molecule has 0 spiro atoms. The van der Waals surface area contributed by atoms with Crippen LogP contribution in [0.25, 0.3) is 0 Å². The third-order valence-electron chi connectivity index (χ3n) is 5.67. The van der Waals surface area contributed by atoms with Crippen LogP contribution in [0.3, 0.4) is 0 Å². The number of likely N-dealkylation sites (tertiary alicyclic amines) is 1. The summed E-state index contributed by atoms with van der Waals surface area (Å²) in [5.41, 5.74) is 2.63. The summed E-state index contributed by atoms with van der Waals surface area (Å²) >= 11 is 0. The topological polar surface area (TPSA) is 42.1 Å². The van der Waals surface area contributed by atoms with Gasteiger partial charge in [-0.05, 0) is 63.9 Å². The summed E-state index contributed by atoms with van der Waals surface area (Å²) < 4.78 is 4.29. The van der Waals surface area contributed by atoms with E-state index >= 15 is 0 Å². The van der Waals surface area contributed by atoms with Crippen molar-refractivity contribution in [2.45, 2.75) is 51.9 Å². The number of piperidine rings is 1.